The third kappa shape index (κ3) is 3.24. The molecule has 0 aliphatic carbocycles. The van der Waals surface area contributed by atoms with Gasteiger partial charge in [0.25, 0.3) is 5.91 Å². The van der Waals surface area contributed by atoms with Crippen LogP contribution in [0.4, 0.5) is 5.69 Å². The van der Waals surface area contributed by atoms with Crippen LogP contribution < -0.4 is 11.0 Å². The molecule has 27 heavy (non-hydrogen) atoms. The Labute approximate surface area is 159 Å². The molecule has 4 rings (SSSR count). The molecule has 4 aromatic rings. The highest BCUT2D eigenvalue weighted by molar-refractivity contribution is 6.30. The van der Waals surface area contributed by atoms with Gasteiger partial charge in [-0.1, -0.05) is 24.6 Å². The number of nitrogens with one attached hydrogen (secondary N) is 3. The molecule has 0 radical (unpaired) electrons. The number of benzene rings is 2. The number of amides is 1. The average Bonchev–Trinajstić information content (AvgIpc) is 3.23. The van der Waals surface area contributed by atoms with Crippen molar-refractivity contribution in [2.45, 2.75) is 13.3 Å². The minimum absolute atomic E-state index is 0.266. The van der Waals surface area contributed by atoms with Crippen molar-refractivity contribution in [2.75, 3.05) is 5.32 Å². The van der Waals surface area contributed by atoms with Crippen LogP contribution >= 0.6 is 11.6 Å². The van der Waals surface area contributed by atoms with Gasteiger partial charge in [0.05, 0.1) is 34.2 Å². The third-order valence-electron chi connectivity index (χ3n) is 4.27. The van der Waals surface area contributed by atoms with E-state index < -0.39 is 0 Å². The number of imidazole rings is 1. The van der Waals surface area contributed by atoms with E-state index >= 15 is 0 Å². The topological polar surface area (TPSA) is 95.6 Å². The fourth-order valence-electron chi connectivity index (χ4n) is 3.04. The number of nitrogens with zero attached hydrogens (tertiary/aromatic N) is 2. The number of anilines is 1. The summed E-state index contributed by atoms with van der Waals surface area (Å²) in [6, 6.07) is 12.5. The molecular formula is C19H16ClN5O2. The number of carbonyl (C=O) groups excluding carboxylic acids is 1. The Balaban J connectivity index is 1.66. The van der Waals surface area contributed by atoms with Crippen molar-refractivity contribution in [1.82, 2.24) is 19.7 Å². The second-order valence-corrected chi connectivity index (χ2v) is 6.48. The maximum absolute atomic E-state index is 12.8. The van der Waals surface area contributed by atoms with E-state index in [2.05, 4.69) is 20.4 Å². The van der Waals surface area contributed by atoms with Gasteiger partial charge in [0, 0.05) is 10.7 Å². The molecule has 0 aliphatic heterocycles. The molecule has 7 nitrogen and oxygen atoms in total. The Morgan fingerprint density at radius 2 is 2.00 bits per heavy atom. The summed E-state index contributed by atoms with van der Waals surface area (Å²) in [5.74, 6) is -0.266. The predicted molar refractivity (Wildman–Crippen MR) is 105 cm³/mol. The molecule has 2 aromatic carbocycles. The van der Waals surface area contributed by atoms with Gasteiger partial charge in [-0.15, -0.1) is 0 Å². The summed E-state index contributed by atoms with van der Waals surface area (Å²) < 4.78 is 1.72. The van der Waals surface area contributed by atoms with Crippen LogP contribution in [0, 0.1) is 0 Å². The summed E-state index contributed by atoms with van der Waals surface area (Å²) >= 11 is 6.07. The summed E-state index contributed by atoms with van der Waals surface area (Å²) in [4.78, 5) is 29.5. The Morgan fingerprint density at radius 1 is 1.19 bits per heavy atom. The zero-order valence-electron chi connectivity index (χ0n) is 14.4. The van der Waals surface area contributed by atoms with Gasteiger partial charge in [-0.05, 0) is 42.8 Å². The van der Waals surface area contributed by atoms with Gasteiger partial charge in [0.2, 0.25) is 0 Å². The molecule has 8 heteroatoms. The Bertz CT molecular complexity index is 1200. The fraction of sp³-hybridized carbons (Fsp3) is 0.105. The van der Waals surface area contributed by atoms with Crippen molar-refractivity contribution >= 4 is 34.2 Å². The van der Waals surface area contributed by atoms with Gasteiger partial charge < -0.3 is 15.3 Å². The SMILES string of the molecule is CCc1c(C(=O)Nc2ccc3[nH]c(=O)[nH]c3c2)cnn1-c1cccc(Cl)c1. The van der Waals surface area contributed by atoms with Crippen LogP contribution in [-0.2, 0) is 6.42 Å². The molecule has 3 N–H and O–H groups in total. The molecule has 0 atom stereocenters. The lowest BCUT2D eigenvalue weighted by atomic mass is 10.1. The number of aromatic nitrogens is 4. The first-order chi connectivity index (χ1) is 13.0. The molecule has 0 spiro atoms. The molecule has 0 fully saturated rings. The first-order valence-corrected chi connectivity index (χ1v) is 8.79. The molecule has 0 aliphatic rings. The van der Waals surface area contributed by atoms with Gasteiger partial charge in [-0.25, -0.2) is 9.48 Å². The third-order valence-corrected chi connectivity index (χ3v) is 4.51. The van der Waals surface area contributed by atoms with Crippen molar-refractivity contribution in [2.24, 2.45) is 0 Å². The van der Waals surface area contributed by atoms with E-state index in [4.69, 9.17) is 11.6 Å². The highest BCUT2D eigenvalue weighted by Gasteiger charge is 2.17. The summed E-state index contributed by atoms with van der Waals surface area (Å²) in [5, 5.41) is 7.82. The highest BCUT2D eigenvalue weighted by Crippen LogP contribution is 2.21. The molecule has 2 aromatic heterocycles. The van der Waals surface area contributed by atoms with Crippen molar-refractivity contribution < 1.29 is 4.79 Å². The molecule has 2 heterocycles. The second-order valence-electron chi connectivity index (χ2n) is 6.04. The van der Waals surface area contributed by atoms with Crippen LogP contribution in [0.1, 0.15) is 23.0 Å². The van der Waals surface area contributed by atoms with Crippen LogP contribution in [0.3, 0.4) is 0 Å². The number of rotatable bonds is 4. The molecule has 0 saturated heterocycles. The van der Waals surface area contributed by atoms with Crippen LogP contribution in [0.5, 0.6) is 0 Å². The summed E-state index contributed by atoms with van der Waals surface area (Å²) in [6.07, 6.45) is 2.17. The number of hydrogen-bond donors (Lipinski definition) is 3. The van der Waals surface area contributed by atoms with E-state index in [0.717, 1.165) is 11.4 Å². The van der Waals surface area contributed by atoms with E-state index in [-0.39, 0.29) is 11.6 Å². The maximum atomic E-state index is 12.8. The van der Waals surface area contributed by atoms with Crippen molar-refractivity contribution in [3.8, 4) is 5.69 Å². The molecule has 0 bridgehead atoms. The molecular weight excluding hydrogens is 366 g/mol. The van der Waals surface area contributed by atoms with Gasteiger partial charge in [-0.3, -0.25) is 4.79 Å². The number of aromatic amines is 2. The Hall–Kier alpha value is -3.32. The maximum Gasteiger partial charge on any atom is 0.323 e. The average molecular weight is 382 g/mol. The summed E-state index contributed by atoms with van der Waals surface area (Å²) in [6.45, 7) is 1.96. The van der Waals surface area contributed by atoms with Gasteiger partial charge in [0.15, 0.2) is 0 Å². The molecule has 0 saturated carbocycles. The largest absolute Gasteiger partial charge is 0.323 e. The first kappa shape index (κ1) is 17.1. The number of H-pyrrole nitrogens is 2. The van der Waals surface area contributed by atoms with E-state index in [0.29, 0.717) is 33.7 Å². The van der Waals surface area contributed by atoms with Crippen LogP contribution in [0.2, 0.25) is 5.02 Å². The number of hydrogen-bond acceptors (Lipinski definition) is 3. The lowest BCUT2D eigenvalue weighted by Gasteiger charge is -2.09. The van der Waals surface area contributed by atoms with Gasteiger partial charge in [0.1, 0.15) is 0 Å². The van der Waals surface area contributed by atoms with E-state index in [1.54, 1.807) is 41.2 Å². The Morgan fingerprint density at radius 3 is 2.78 bits per heavy atom. The fourth-order valence-corrected chi connectivity index (χ4v) is 3.23. The van der Waals surface area contributed by atoms with Crippen molar-refractivity contribution in [1.29, 1.82) is 0 Å². The molecule has 136 valence electrons. The van der Waals surface area contributed by atoms with Crippen LogP contribution in [-0.4, -0.2) is 25.7 Å². The Kier molecular flexibility index (Phi) is 4.29. The summed E-state index contributed by atoms with van der Waals surface area (Å²) in [5.41, 5.74) is 3.67. The van der Waals surface area contributed by atoms with Crippen molar-refractivity contribution in [3.63, 3.8) is 0 Å². The van der Waals surface area contributed by atoms with Crippen molar-refractivity contribution in [3.05, 3.63) is 75.4 Å². The van der Waals surface area contributed by atoms with Crippen LogP contribution in [0.15, 0.2) is 53.5 Å². The molecule has 1 amide bonds. The summed E-state index contributed by atoms with van der Waals surface area (Å²) in [7, 11) is 0. The lowest BCUT2D eigenvalue weighted by Crippen LogP contribution is -2.14. The zero-order valence-corrected chi connectivity index (χ0v) is 15.2. The first-order valence-electron chi connectivity index (χ1n) is 8.41. The smallest absolute Gasteiger partial charge is 0.322 e. The normalized spacial score (nSPS) is 11.0. The van der Waals surface area contributed by atoms with E-state index in [1.807, 2.05) is 19.1 Å². The quantitative estimate of drug-likeness (QED) is 0.504. The monoisotopic (exact) mass is 381 g/mol. The predicted octanol–water partition coefficient (Wildman–Crippen LogP) is 3.51. The van der Waals surface area contributed by atoms with Gasteiger partial charge >= 0.3 is 5.69 Å². The minimum Gasteiger partial charge on any atom is -0.322 e. The number of fused-ring (bicyclic) bond motifs is 1. The van der Waals surface area contributed by atoms with E-state index in [1.165, 1.54) is 0 Å². The van der Waals surface area contributed by atoms with Crippen LogP contribution in [0.25, 0.3) is 16.7 Å². The minimum atomic E-state index is -0.287. The van der Waals surface area contributed by atoms with E-state index in [9.17, 15) is 9.59 Å². The number of carbonyl (C=O) groups is 1. The zero-order chi connectivity index (χ0) is 19.0. The molecule has 0 unspecified atom stereocenters. The standard InChI is InChI=1S/C19H16ClN5O2/c1-2-17-14(10-21-25(17)13-5-3-4-11(20)8-13)18(26)22-12-6-7-15-16(9-12)24-19(27)23-15/h3-10H,2H2,1H3,(H,22,26)(H2,23,24,27). The highest BCUT2D eigenvalue weighted by atomic mass is 35.5. The lowest BCUT2D eigenvalue weighted by molar-refractivity contribution is 0.102. The number of halogens is 1. The second kappa shape index (κ2) is 6.77. The van der Waals surface area contributed by atoms with Gasteiger partial charge in [-0.2, -0.15) is 5.10 Å².